The fraction of sp³-hybridized carbons (Fsp3) is 0.273. The SMILES string of the molecule is O=S(=O)(c1cccc2ccccc12)N1CCS[C@H](c2ccc3c(c2)OCO3)CC1. The highest BCUT2D eigenvalue weighted by Gasteiger charge is 2.30. The van der Waals surface area contributed by atoms with Crippen molar-refractivity contribution < 1.29 is 17.9 Å². The molecule has 0 bridgehead atoms. The third kappa shape index (κ3) is 3.47. The van der Waals surface area contributed by atoms with Gasteiger partial charge >= 0.3 is 0 Å². The molecule has 7 heteroatoms. The van der Waals surface area contributed by atoms with Crippen LogP contribution in [0.1, 0.15) is 17.2 Å². The normalized spacial score (nSPS) is 19.9. The van der Waals surface area contributed by atoms with Crippen LogP contribution in [0.2, 0.25) is 0 Å². The molecule has 3 aromatic rings. The zero-order valence-electron chi connectivity index (χ0n) is 15.8. The molecule has 1 saturated heterocycles. The van der Waals surface area contributed by atoms with Gasteiger partial charge in [0.15, 0.2) is 11.5 Å². The first-order valence-electron chi connectivity index (χ1n) is 9.62. The second-order valence-electron chi connectivity index (χ2n) is 7.14. The molecular formula is C22H21NO4S2. The van der Waals surface area contributed by atoms with Crippen LogP contribution in [0, 0.1) is 0 Å². The van der Waals surface area contributed by atoms with Gasteiger partial charge < -0.3 is 9.47 Å². The first-order chi connectivity index (χ1) is 14.1. The summed E-state index contributed by atoms with van der Waals surface area (Å²) in [5.41, 5.74) is 1.16. The summed E-state index contributed by atoms with van der Waals surface area (Å²) in [6.07, 6.45) is 0.758. The number of hydrogen-bond donors (Lipinski definition) is 0. The number of rotatable bonds is 3. The summed E-state index contributed by atoms with van der Waals surface area (Å²) in [6.45, 7) is 1.27. The van der Waals surface area contributed by atoms with Crippen LogP contribution < -0.4 is 9.47 Å². The van der Waals surface area contributed by atoms with Gasteiger partial charge in [0.05, 0.1) is 4.90 Å². The molecule has 1 atom stereocenters. The molecular weight excluding hydrogens is 406 g/mol. The molecule has 0 saturated carbocycles. The van der Waals surface area contributed by atoms with Gasteiger partial charge in [0, 0.05) is 29.5 Å². The van der Waals surface area contributed by atoms with Crippen molar-refractivity contribution in [1.29, 1.82) is 0 Å². The predicted octanol–water partition coefficient (Wildman–Crippen LogP) is 4.44. The highest BCUT2D eigenvalue weighted by atomic mass is 32.2. The maximum atomic E-state index is 13.4. The van der Waals surface area contributed by atoms with Gasteiger partial charge in [-0.3, -0.25) is 0 Å². The number of nitrogens with zero attached hydrogens (tertiary/aromatic N) is 1. The Morgan fingerprint density at radius 3 is 2.69 bits per heavy atom. The molecule has 5 rings (SSSR count). The lowest BCUT2D eigenvalue weighted by molar-refractivity contribution is 0.174. The molecule has 0 aliphatic carbocycles. The van der Waals surface area contributed by atoms with E-state index in [1.165, 1.54) is 0 Å². The zero-order chi connectivity index (χ0) is 19.8. The van der Waals surface area contributed by atoms with E-state index < -0.39 is 10.0 Å². The first-order valence-corrected chi connectivity index (χ1v) is 12.1. The van der Waals surface area contributed by atoms with E-state index in [0.717, 1.165) is 40.0 Å². The van der Waals surface area contributed by atoms with E-state index in [9.17, 15) is 8.42 Å². The van der Waals surface area contributed by atoms with Crippen LogP contribution in [-0.2, 0) is 10.0 Å². The lowest BCUT2D eigenvalue weighted by atomic mass is 10.1. The molecule has 0 amide bonds. The largest absolute Gasteiger partial charge is 0.454 e. The number of thioether (sulfide) groups is 1. The number of sulfonamides is 1. The van der Waals surface area contributed by atoms with Crippen LogP contribution in [0.15, 0.2) is 65.6 Å². The Bertz CT molecular complexity index is 1160. The monoisotopic (exact) mass is 427 g/mol. The number of hydrogen-bond acceptors (Lipinski definition) is 5. The lowest BCUT2D eigenvalue weighted by Crippen LogP contribution is -2.33. The van der Waals surface area contributed by atoms with Gasteiger partial charge in [0.25, 0.3) is 0 Å². The minimum absolute atomic E-state index is 0.234. The average molecular weight is 428 g/mol. The van der Waals surface area contributed by atoms with Gasteiger partial charge in [-0.2, -0.15) is 16.1 Å². The Balaban J connectivity index is 1.40. The Hall–Kier alpha value is -2.22. The van der Waals surface area contributed by atoms with Crippen LogP contribution in [-0.4, -0.2) is 38.4 Å². The molecule has 0 unspecified atom stereocenters. The maximum Gasteiger partial charge on any atom is 0.243 e. The van der Waals surface area contributed by atoms with E-state index in [4.69, 9.17) is 9.47 Å². The third-order valence-electron chi connectivity index (χ3n) is 5.44. The molecule has 3 aromatic carbocycles. The number of benzene rings is 3. The number of ether oxygens (including phenoxy) is 2. The first kappa shape index (κ1) is 18.8. The fourth-order valence-electron chi connectivity index (χ4n) is 3.93. The van der Waals surface area contributed by atoms with Crippen molar-refractivity contribution in [3.63, 3.8) is 0 Å². The Morgan fingerprint density at radius 2 is 1.76 bits per heavy atom. The van der Waals surface area contributed by atoms with Gasteiger partial charge in [-0.05, 0) is 35.6 Å². The summed E-state index contributed by atoms with van der Waals surface area (Å²) in [5.74, 6) is 2.29. The quantitative estimate of drug-likeness (QED) is 0.619. The highest BCUT2D eigenvalue weighted by molar-refractivity contribution is 7.99. The Morgan fingerprint density at radius 1 is 0.931 bits per heavy atom. The summed E-state index contributed by atoms with van der Waals surface area (Å²) < 4.78 is 39.4. The van der Waals surface area contributed by atoms with Crippen LogP contribution in [0.5, 0.6) is 11.5 Å². The van der Waals surface area contributed by atoms with Crippen molar-refractivity contribution in [3.8, 4) is 11.5 Å². The summed E-state index contributed by atoms with van der Waals surface area (Å²) in [7, 11) is -3.55. The van der Waals surface area contributed by atoms with Crippen molar-refractivity contribution >= 4 is 32.6 Å². The predicted molar refractivity (Wildman–Crippen MR) is 115 cm³/mol. The van der Waals surface area contributed by atoms with E-state index in [0.29, 0.717) is 18.0 Å². The molecule has 2 heterocycles. The Kier molecular flexibility index (Phi) is 4.89. The van der Waals surface area contributed by atoms with Crippen LogP contribution >= 0.6 is 11.8 Å². The second-order valence-corrected chi connectivity index (χ2v) is 10.4. The molecule has 150 valence electrons. The summed E-state index contributed by atoms with van der Waals surface area (Å²) in [5, 5.41) is 1.95. The van der Waals surface area contributed by atoms with Crippen LogP contribution in [0.25, 0.3) is 10.8 Å². The summed E-state index contributed by atoms with van der Waals surface area (Å²) in [4.78, 5) is 0.391. The molecule has 0 aromatic heterocycles. The average Bonchev–Trinajstić information content (AvgIpc) is 3.07. The minimum atomic E-state index is -3.55. The zero-order valence-corrected chi connectivity index (χ0v) is 17.4. The molecule has 29 heavy (non-hydrogen) atoms. The fourth-order valence-corrected chi connectivity index (χ4v) is 6.94. The molecule has 2 aliphatic heterocycles. The molecule has 0 radical (unpaired) electrons. The van der Waals surface area contributed by atoms with Gasteiger partial charge in [-0.25, -0.2) is 8.42 Å². The van der Waals surface area contributed by atoms with Crippen molar-refractivity contribution in [1.82, 2.24) is 4.31 Å². The van der Waals surface area contributed by atoms with E-state index in [2.05, 4.69) is 6.07 Å². The smallest absolute Gasteiger partial charge is 0.243 e. The standard InChI is InChI=1S/C22H21NO4S2/c24-29(25,22-7-3-5-16-4-1-2-6-18(16)22)23-11-10-21(28-13-12-23)17-8-9-19-20(14-17)27-15-26-19/h1-9,14,21H,10-13,15H2/t21-/m0/s1. The maximum absolute atomic E-state index is 13.4. The second kappa shape index (κ2) is 7.55. The van der Waals surface area contributed by atoms with Gasteiger partial charge in [-0.15, -0.1) is 0 Å². The van der Waals surface area contributed by atoms with Crippen molar-refractivity contribution in [2.24, 2.45) is 0 Å². The van der Waals surface area contributed by atoms with Crippen LogP contribution in [0.4, 0.5) is 0 Å². The summed E-state index contributed by atoms with van der Waals surface area (Å²) >= 11 is 1.80. The van der Waals surface area contributed by atoms with Crippen LogP contribution in [0.3, 0.4) is 0 Å². The van der Waals surface area contributed by atoms with E-state index in [1.807, 2.05) is 48.5 Å². The van der Waals surface area contributed by atoms with Gasteiger partial charge in [0.1, 0.15) is 0 Å². The van der Waals surface area contributed by atoms with E-state index in [-0.39, 0.29) is 12.0 Å². The lowest BCUT2D eigenvalue weighted by Gasteiger charge is -2.21. The molecule has 1 fully saturated rings. The molecule has 0 N–H and O–H groups in total. The molecule has 2 aliphatic rings. The van der Waals surface area contributed by atoms with Crippen molar-refractivity contribution in [3.05, 3.63) is 66.2 Å². The van der Waals surface area contributed by atoms with Gasteiger partial charge in [-0.1, -0.05) is 42.5 Å². The van der Waals surface area contributed by atoms with Crippen molar-refractivity contribution in [2.75, 3.05) is 25.6 Å². The summed E-state index contributed by atoms with van der Waals surface area (Å²) in [6, 6.07) is 19.1. The minimum Gasteiger partial charge on any atom is -0.454 e. The van der Waals surface area contributed by atoms with E-state index in [1.54, 1.807) is 22.1 Å². The highest BCUT2D eigenvalue weighted by Crippen LogP contribution is 2.41. The van der Waals surface area contributed by atoms with Crippen molar-refractivity contribution in [2.45, 2.75) is 16.6 Å². The number of fused-ring (bicyclic) bond motifs is 2. The van der Waals surface area contributed by atoms with E-state index >= 15 is 0 Å². The molecule has 5 nitrogen and oxygen atoms in total. The topological polar surface area (TPSA) is 55.8 Å². The molecule has 0 spiro atoms. The third-order valence-corrected chi connectivity index (χ3v) is 8.72. The Labute approximate surface area is 174 Å². The van der Waals surface area contributed by atoms with Gasteiger partial charge in [0.2, 0.25) is 16.8 Å².